The zero-order valence-electron chi connectivity index (χ0n) is 19.3. The number of amides is 2. The van der Waals surface area contributed by atoms with Crippen LogP contribution in [0.3, 0.4) is 0 Å². The van der Waals surface area contributed by atoms with Gasteiger partial charge in [0.15, 0.2) is 6.61 Å². The Morgan fingerprint density at radius 2 is 2.08 bits per heavy atom. The lowest BCUT2D eigenvalue weighted by atomic mass is 10.1. The number of pyridine rings is 2. The lowest BCUT2D eigenvalue weighted by Gasteiger charge is -2.18. The van der Waals surface area contributed by atoms with Crippen LogP contribution in [0, 0.1) is 0 Å². The monoisotopic (exact) mass is 513 g/mol. The highest BCUT2D eigenvalue weighted by Crippen LogP contribution is 2.31. The zero-order valence-corrected chi connectivity index (χ0v) is 20.1. The van der Waals surface area contributed by atoms with E-state index in [0.29, 0.717) is 47.9 Å². The van der Waals surface area contributed by atoms with Crippen molar-refractivity contribution in [3.05, 3.63) is 48.2 Å². The van der Waals surface area contributed by atoms with Gasteiger partial charge in [-0.25, -0.2) is 22.9 Å². The van der Waals surface area contributed by atoms with Crippen molar-refractivity contribution in [2.24, 2.45) is 0 Å². The molecule has 3 aromatic rings. The van der Waals surface area contributed by atoms with Crippen molar-refractivity contribution < 1.29 is 32.2 Å². The molecule has 0 bridgehead atoms. The Hall–Kier alpha value is -3.97. The molecule has 13 heteroatoms. The highest BCUT2D eigenvalue weighted by molar-refractivity contribution is 7.89. The number of carbonyl (C=O) groups is 2. The van der Waals surface area contributed by atoms with Crippen molar-refractivity contribution in [2.75, 3.05) is 38.7 Å². The van der Waals surface area contributed by atoms with E-state index in [9.17, 15) is 18.0 Å². The van der Waals surface area contributed by atoms with Crippen molar-refractivity contribution in [3.63, 3.8) is 0 Å². The van der Waals surface area contributed by atoms with Crippen molar-refractivity contribution in [1.29, 1.82) is 0 Å². The molecule has 4 heterocycles. The van der Waals surface area contributed by atoms with Crippen LogP contribution in [0.5, 0.6) is 11.6 Å². The number of nitrogens with one attached hydrogen (secondary N) is 2. The number of hydrogen-bond acceptors (Lipinski definition) is 9. The summed E-state index contributed by atoms with van der Waals surface area (Å²) in [7, 11) is -2.30. The van der Waals surface area contributed by atoms with Gasteiger partial charge in [-0.05, 0) is 36.8 Å². The summed E-state index contributed by atoms with van der Waals surface area (Å²) in [6, 6.07) is 9.51. The summed E-state index contributed by atoms with van der Waals surface area (Å²) >= 11 is 0. The molecule has 1 aromatic carbocycles. The number of fused-ring (bicyclic) bond motifs is 2. The molecule has 0 spiro atoms. The molecule has 36 heavy (non-hydrogen) atoms. The second kappa shape index (κ2) is 9.59. The number of carbonyl (C=O) groups excluding carboxylic acids is 2. The molecule has 2 N–H and O–H groups in total. The number of benzene rings is 1. The molecule has 0 radical (unpaired) electrons. The number of cyclic esters (lactones) is 1. The molecule has 0 aliphatic carbocycles. The Morgan fingerprint density at radius 1 is 1.22 bits per heavy atom. The average molecular weight is 514 g/mol. The molecular weight excluding hydrogens is 490 g/mol. The third kappa shape index (κ3) is 4.75. The fraction of sp³-hybridized carbons (Fsp3) is 0.304. The average Bonchev–Trinajstić information content (AvgIpc) is 3.25. The smallest absolute Gasteiger partial charge is 0.410 e. The summed E-state index contributed by atoms with van der Waals surface area (Å²) in [6.45, 7) is 0.590. The summed E-state index contributed by atoms with van der Waals surface area (Å²) in [5.74, 6) is 0.487. The van der Waals surface area contributed by atoms with E-state index < -0.39 is 22.2 Å². The van der Waals surface area contributed by atoms with E-state index in [1.165, 1.54) is 30.2 Å². The molecule has 2 aromatic heterocycles. The normalized spacial score (nSPS) is 17.4. The van der Waals surface area contributed by atoms with Gasteiger partial charge in [-0.1, -0.05) is 0 Å². The zero-order chi connectivity index (χ0) is 25.3. The minimum absolute atomic E-state index is 0.000176. The molecule has 2 aliphatic heterocycles. The first-order chi connectivity index (χ1) is 17.3. The summed E-state index contributed by atoms with van der Waals surface area (Å²) in [5.41, 5.74) is 2.27. The van der Waals surface area contributed by atoms with Crippen LogP contribution in [0.25, 0.3) is 11.0 Å². The van der Waals surface area contributed by atoms with Crippen molar-refractivity contribution in [3.8, 4) is 11.6 Å². The molecular formula is C23H23N5O7S. The Balaban J connectivity index is 1.19. The largest absolute Gasteiger partial charge is 0.482 e. The molecule has 188 valence electrons. The van der Waals surface area contributed by atoms with Crippen LogP contribution in [0.1, 0.15) is 18.1 Å². The molecule has 1 saturated heterocycles. The minimum atomic E-state index is -3.82. The summed E-state index contributed by atoms with van der Waals surface area (Å²) in [6.07, 6.45) is 0.984. The third-order valence-corrected chi connectivity index (χ3v) is 7.28. The molecule has 2 amide bonds. The van der Waals surface area contributed by atoms with Crippen molar-refractivity contribution in [1.82, 2.24) is 19.6 Å². The van der Waals surface area contributed by atoms with Gasteiger partial charge in [0.25, 0.3) is 5.91 Å². The van der Waals surface area contributed by atoms with Gasteiger partial charge < -0.3 is 24.4 Å². The first kappa shape index (κ1) is 23.8. The van der Waals surface area contributed by atoms with Gasteiger partial charge in [0.2, 0.25) is 15.9 Å². The molecule has 5 rings (SSSR count). The Morgan fingerprint density at radius 3 is 2.92 bits per heavy atom. The number of hydrogen-bond donors (Lipinski definition) is 2. The van der Waals surface area contributed by atoms with E-state index >= 15 is 0 Å². The number of ether oxygens (including phenoxy) is 3. The standard InChI is InChI=1S/C23H23N5O7S/c1-33-21-6-4-16-22(27-21)15(7-9-24-16)19-12-28(23(30)35-19)10-2-8-25-36(31,32)14-3-5-18-17(11-14)26-20(29)13-34-18/h3-7,9,11,19,25H,2,8,10,12-13H2,1H3,(H,26,29)/t19-/m0/s1. The van der Waals surface area contributed by atoms with Crippen LogP contribution in [0.15, 0.2) is 47.5 Å². The highest BCUT2D eigenvalue weighted by atomic mass is 32.2. The van der Waals surface area contributed by atoms with Gasteiger partial charge in [-0.3, -0.25) is 9.78 Å². The van der Waals surface area contributed by atoms with Crippen molar-refractivity contribution in [2.45, 2.75) is 17.4 Å². The van der Waals surface area contributed by atoms with E-state index in [-0.39, 0.29) is 24.0 Å². The second-order valence-corrected chi connectivity index (χ2v) is 9.95. The molecule has 1 atom stereocenters. The maximum atomic E-state index is 12.7. The van der Waals surface area contributed by atoms with Crippen LogP contribution >= 0.6 is 0 Å². The SMILES string of the molecule is COc1ccc2nccc([C@@H]3CN(CCCNS(=O)(=O)c4ccc5c(c4)NC(=O)CO5)C(=O)O3)c2n1. The number of rotatable bonds is 8. The topological polar surface area (TPSA) is 149 Å². The van der Waals surface area contributed by atoms with Crippen LogP contribution in [-0.2, 0) is 19.6 Å². The number of anilines is 1. The van der Waals surface area contributed by atoms with Crippen molar-refractivity contribution >= 4 is 38.7 Å². The minimum Gasteiger partial charge on any atom is -0.482 e. The quantitative estimate of drug-likeness (QED) is 0.430. The fourth-order valence-electron chi connectivity index (χ4n) is 4.04. The maximum absolute atomic E-state index is 12.7. The summed E-state index contributed by atoms with van der Waals surface area (Å²) < 4.78 is 43.9. The van der Waals surface area contributed by atoms with E-state index in [0.717, 1.165) is 5.56 Å². The fourth-order valence-corrected chi connectivity index (χ4v) is 5.14. The first-order valence-corrected chi connectivity index (χ1v) is 12.6. The lowest BCUT2D eigenvalue weighted by molar-refractivity contribution is -0.118. The van der Waals surface area contributed by atoms with Gasteiger partial charge in [-0.2, -0.15) is 0 Å². The second-order valence-electron chi connectivity index (χ2n) is 8.19. The predicted octanol–water partition coefficient (Wildman–Crippen LogP) is 1.83. The Bertz CT molecular complexity index is 1450. The van der Waals surface area contributed by atoms with E-state index in [4.69, 9.17) is 14.2 Å². The molecule has 1 fully saturated rings. The number of aromatic nitrogens is 2. The Labute approximate surface area is 206 Å². The Kier molecular flexibility index (Phi) is 6.33. The maximum Gasteiger partial charge on any atom is 0.410 e. The number of nitrogens with zero attached hydrogens (tertiary/aromatic N) is 3. The van der Waals surface area contributed by atoms with Gasteiger partial charge >= 0.3 is 6.09 Å². The van der Waals surface area contributed by atoms with Crippen LogP contribution in [0.4, 0.5) is 10.5 Å². The molecule has 12 nitrogen and oxygen atoms in total. The van der Waals surface area contributed by atoms with Gasteiger partial charge in [0.05, 0.1) is 35.3 Å². The van der Waals surface area contributed by atoms with E-state index in [1.54, 1.807) is 24.4 Å². The van der Waals surface area contributed by atoms with Crippen LogP contribution < -0.4 is 19.5 Å². The van der Waals surface area contributed by atoms with E-state index in [2.05, 4.69) is 20.0 Å². The lowest BCUT2D eigenvalue weighted by Crippen LogP contribution is -2.31. The highest BCUT2D eigenvalue weighted by Gasteiger charge is 2.33. The molecule has 0 unspecified atom stereocenters. The molecule has 2 aliphatic rings. The number of methoxy groups -OCH3 is 1. The predicted molar refractivity (Wildman–Crippen MR) is 127 cm³/mol. The number of sulfonamides is 1. The molecule has 0 saturated carbocycles. The summed E-state index contributed by atoms with van der Waals surface area (Å²) in [5, 5.41) is 2.59. The van der Waals surface area contributed by atoms with E-state index in [1.807, 2.05) is 0 Å². The van der Waals surface area contributed by atoms with Crippen LogP contribution in [0.2, 0.25) is 0 Å². The van der Waals surface area contributed by atoms with Gasteiger partial charge in [-0.15, -0.1) is 0 Å². The summed E-state index contributed by atoms with van der Waals surface area (Å²) in [4.78, 5) is 34.2. The third-order valence-electron chi connectivity index (χ3n) is 5.82. The van der Waals surface area contributed by atoms with Gasteiger partial charge in [0, 0.05) is 30.9 Å². The van der Waals surface area contributed by atoms with Gasteiger partial charge in [0.1, 0.15) is 11.9 Å². The van der Waals surface area contributed by atoms with Crippen LogP contribution in [-0.4, -0.2) is 68.6 Å². The first-order valence-electron chi connectivity index (χ1n) is 11.2.